The quantitative estimate of drug-likeness (QED) is 0.451. The number of hydrogen-bond donors (Lipinski definition) is 0. The molecule has 1 saturated heterocycles. The van der Waals surface area contributed by atoms with Crippen LogP contribution in [0.15, 0.2) is 0 Å². The van der Waals surface area contributed by atoms with Gasteiger partial charge in [0.15, 0.2) is 0 Å². The molecule has 0 N–H and O–H groups in total. The number of fused-ring (bicyclic) bond motifs is 2. The van der Waals surface area contributed by atoms with Crippen molar-refractivity contribution in [3.8, 4) is 0 Å². The lowest BCUT2D eigenvalue weighted by Crippen LogP contribution is -2.38. The molecule has 4 atom stereocenters. The Balaban J connectivity index is 1.68. The zero-order chi connectivity index (χ0) is 19.9. The first kappa shape index (κ1) is 20.6. The molecule has 0 unspecified atom stereocenters. The Hall–Kier alpha value is -2.12. The zero-order valence-corrected chi connectivity index (χ0v) is 16.1. The zero-order valence-electron chi connectivity index (χ0n) is 16.1. The van der Waals surface area contributed by atoms with Crippen LogP contribution in [0, 0.1) is 23.7 Å². The summed E-state index contributed by atoms with van der Waals surface area (Å²) in [7, 11) is 0. The first-order valence-electron chi connectivity index (χ1n) is 10.2. The van der Waals surface area contributed by atoms with Gasteiger partial charge in [-0.2, -0.15) is 0 Å². The summed E-state index contributed by atoms with van der Waals surface area (Å²) < 4.78 is 21.0. The maximum atomic E-state index is 12.4. The maximum absolute atomic E-state index is 12.4. The molecule has 28 heavy (non-hydrogen) atoms. The molecule has 3 rings (SSSR count). The highest BCUT2D eigenvalue weighted by Gasteiger charge is 2.39. The van der Waals surface area contributed by atoms with Crippen LogP contribution >= 0.6 is 0 Å². The van der Waals surface area contributed by atoms with Crippen molar-refractivity contribution in [2.24, 2.45) is 23.7 Å². The van der Waals surface area contributed by atoms with Crippen LogP contribution in [0.2, 0.25) is 0 Å². The highest BCUT2D eigenvalue weighted by molar-refractivity contribution is 5.83. The van der Waals surface area contributed by atoms with Crippen molar-refractivity contribution in [1.82, 2.24) is 0 Å². The second-order valence-corrected chi connectivity index (χ2v) is 7.66. The molecule has 0 spiro atoms. The van der Waals surface area contributed by atoms with E-state index in [1.807, 2.05) is 0 Å². The summed E-state index contributed by atoms with van der Waals surface area (Å²) in [6.45, 7) is -0.259. The van der Waals surface area contributed by atoms with Gasteiger partial charge in [-0.1, -0.05) is 25.7 Å². The summed E-state index contributed by atoms with van der Waals surface area (Å²) in [5.41, 5.74) is 0. The molecule has 2 saturated carbocycles. The third kappa shape index (κ3) is 5.02. The Labute approximate surface area is 164 Å². The van der Waals surface area contributed by atoms with Gasteiger partial charge in [-0.15, -0.1) is 0 Å². The Morgan fingerprint density at radius 1 is 0.429 bits per heavy atom. The molecular formula is C20H28O8. The summed E-state index contributed by atoms with van der Waals surface area (Å²) in [6.07, 6.45) is 5.65. The van der Waals surface area contributed by atoms with Crippen molar-refractivity contribution >= 4 is 23.9 Å². The molecule has 1 heterocycles. The van der Waals surface area contributed by atoms with E-state index in [4.69, 9.17) is 18.9 Å². The van der Waals surface area contributed by atoms with Crippen LogP contribution < -0.4 is 0 Å². The maximum Gasteiger partial charge on any atom is 0.309 e. The van der Waals surface area contributed by atoms with Gasteiger partial charge >= 0.3 is 23.9 Å². The first-order valence-corrected chi connectivity index (χ1v) is 10.2. The van der Waals surface area contributed by atoms with Gasteiger partial charge in [0.25, 0.3) is 0 Å². The molecule has 2 aliphatic carbocycles. The molecule has 156 valence electrons. The van der Waals surface area contributed by atoms with E-state index in [0.717, 1.165) is 25.7 Å². The number of hydrogen-bond acceptors (Lipinski definition) is 8. The Kier molecular flexibility index (Phi) is 7.28. The molecule has 8 nitrogen and oxygen atoms in total. The fourth-order valence-corrected chi connectivity index (χ4v) is 4.39. The van der Waals surface area contributed by atoms with Gasteiger partial charge in [0.2, 0.25) is 0 Å². The highest BCUT2D eigenvalue weighted by Crippen LogP contribution is 2.33. The van der Waals surface area contributed by atoms with Gasteiger partial charge in [-0.3, -0.25) is 19.2 Å². The Morgan fingerprint density at radius 3 is 0.857 bits per heavy atom. The van der Waals surface area contributed by atoms with E-state index in [2.05, 4.69) is 0 Å². The highest BCUT2D eigenvalue weighted by atomic mass is 16.6. The second kappa shape index (κ2) is 9.89. The average Bonchev–Trinajstić information content (AvgIpc) is 2.73. The number of esters is 4. The predicted octanol–water partition coefficient (Wildman–Crippen LogP) is 1.79. The predicted molar refractivity (Wildman–Crippen MR) is 94.7 cm³/mol. The monoisotopic (exact) mass is 396 g/mol. The smallest absolute Gasteiger partial charge is 0.309 e. The average molecular weight is 396 g/mol. The topological polar surface area (TPSA) is 105 Å². The van der Waals surface area contributed by atoms with Crippen LogP contribution in [-0.4, -0.2) is 50.3 Å². The van der Waals surface area contributed by atoms with Crippen molar-refractivity contribution < 1.29 is 38.1 Å². The van der Waals surface area contributed by atoms with Crippen LogP contribution in [0.5, 0.6) is 0 Å². The largest absolute Gasteiger partial charge is 0.462 e. The van der Waals surface area contributed by atoms with Gasteiger partial charge < -0.3 is 18.9 Å². The van der Waals surface area contributed by atoms with Crippen LogP contribution in [-0.2, 0) is 38.1 Å². The van der Waals surface area contributed by atoms with Gasteiger partial charge in [0, 0.05) is 0 Å². The number of carbonyl (C=O) groups is 4. The summed E-state index contributed by atoms with van der Waals surface area (Å²) >= 11 is 0. The molecule has 0 bridgehead atoms. The molecule has 0 amide bonds. The van der Waals surface area contributed by atoms with E-state index in [0.29, 0.717) is 25.7 Å². The molecule has 1 aliphatic heterocycles. The van der Waals surface area contributed by atoms with Gasteiger partial charge in [0.1, 0.15) is 26.4 Å². The molecular weight excluding hydrogens is 368 g/mol. The second-order valence-electron chi connectivity index (χ2n) is 7.66. The number of cyclic esters (lactones) is 4. The van der Waals surface area contributed by atoms with Crippen molar-refractivity contribution in [2.45, 2.75) is 51.4 Å². The van der Waals surface area contributed by atoms with Crippen molar-refractivity contribution in [1.29, 1.82) is 0 Å². The van der Waals surface area contributed by atoms with Crippen LogP contribution in [0.1, 0.15) is 51.4 Å². The fourth-order valence-electron chi connectivity index (χ4n) is 4.39. The Bertz CT molecular complexity index is 497. The fraction of sp³-hybridized carbons (Fsp3) is 0.800. The number of ether oxygens (including phenoxy) is 4. The summed E-state index contributed by atoms with van der Waals surface area (Å²) in [4.78, 5) is 49.6. The molecule has 0 aromatic heterocycles. The minimum atomic E-state index is -0.546. The summed E-state index contributed by atoms with van der Waals surface area (Å²) in [5, 5.41) is 0. The molecule has 8 heteroatoms. The first-order chi connectivity index (χ1) is 13.6. The van der Waals surface area contributed by atoms with Gasteiger partial charge in [-0.05, 0) is 25.7 Å². The lowest BCUT2D eigenvalue weighted by Gasteiger charge is -2.29. The summed E-state index contributed by atoms with van der Waals surface area (Å²) in [5.74, 6) is -3.99. The molecule has 0 radical (unpaired) electrons. The van der Waals surface area contributed by atoms with Crippen LogP contribution in [0.25, 0.3) is 0 Å². The minimum Gasteiger partial charge on any atom is -0.462 e. The molecule has 3 aliphatic rings. The molecule has 0 aromatic rings. The minimum absolute atomic E-state index is 0.0648. The number of carbonyl (C=O) groups excluding carboxylic acids is 4. The van der Waals surface area contributed by atoms with Crippen LogP contribution in [0.3, 0.4) is 0 Å². The SMILES string of the molecule is O=C1OCCOC(=O)[C@H]2CCCC[C@H]2C(=O)OCCOC(=O)[C@H]2CCCC[C@H]12. The third-order valence-electron chi connectivity index (χ3n) is 5.89. The van der Waals surface area contributed by atoms with Gasteiger partial charge in [-0.25, -0.2) is 0 Å². The molecule has 3 fully saturated rings. The molecule has 0 aromatic carbocycles. The lowest BCUT2D eigenvalue weighted by molar-refractivity contribution is -0.171. The lowest BCUT2D eigenvalue weighted by atomic mass is 9.79. The van der Waals surface area contributed by atoms with Crippen molar-refractivity contribution in [2.75, 3.05) is 26.4 Å². The Morgan fingerprint density at radius 2 is 0.643 bits per heavy atom. The van der Waals surface area contributed by atoms with Gasteiger partial charge in [0.05, 0.1) is 23.7 Å². The standard InChI is InChI=1S/C20H28O8/c21-17-13-5-1-2-6-14(13)18(22)26-11-12-28-20(24)16-8-4-3-7-15(16)19(23)27-10-9-25-17/h13-16H,1-12H2/t13-,14-,15-,16+/m0/s1. The van der Waals surface area contributed by atoms with Crippen LogP contribution in [0.4, 0.5) is 0 Å². The van der Waals surface area contributed by atoms with Crippen molar-refractivity contribution in [3.05, 3.63) is 0 Å². The van der Waals surface area contributed by atoms with E-state index in [-0.39, 0.29) is 26.4 Å². The van der Waals surface area contributed by atoms with E-state index in [1.165, 1.54) is 0 Å². The van der Waals surface area contributed by atoms with E-state index >= 15 is 0 Å². The summed E-state index contributed by atoms with van der Waals surface area (Å²) in [6, 6.07) is 0. The number of rotatable bonds is 0. The van der Waals surface area contributed by atoms with Crippen molar-refractivity contribution in [3.63, 3.8) is 0 Å². The van der Waals surface area contributed by atoms with E-state index < -0.39 is 47.5 Å². The third-order valence-corrected chi connectivity index (χ3v) is 5.89. The normalized spacial score (nSPS) is 33.4. The van der Waals surface area contributed by atoms with E-state index in [1.54, 1.807) is 0 Å². The van der Waals surface area contributed by atoms with E-state index in [9.17, 15) is 19.2 Å².